The van der Waals surface area contributed by atoms with Gasteiger partial charge in [-0.1, -0.05) is 30.3 Å². The summed E-state index contributed by atoms with van der Waals surface area (Å²) in [4.78, 5) is 12.4. The van der Waals surface area contributed by atoms with Crippen molar-refractivity contribution in [3.05, 3.63) is 65.5 Å². The van der Waals surface area contributed by atoms with Crippen LogP contribution in [0.4, 0.5) is 4.39 Å². The minimum absolute atomic E-state index is 0.0598. The van der Waals surface area contributed by atoms with Crippen molar-refractivity contribution >= 4 is 5.97 Å². The molecule has 3 N–H and O–H groups in total. The standard InChI is InChI=1S/C24H29FN2O3/c1-29-21-11-9-18(25)12-17(21)13-19-16-8-10-20(23(28)30-2)24(26,14-16)27-22(19)15-6-4-3-5-7-15/h3-7,9,11-12,16,19-20,22,27H,8,10,13-14,26H2,1-2H3. The molecule has 2 fully saturated rings. The molecule has 2 aliphatic rings. The highest BCUT2D eigenvalue weighted by Gasteiger charge is 2.53. The van der Waals surface area contributed by atoms with Gasteiger partial charge in [-0.25, -0.2) is 4.39 Å². The normalized spacial score (nSPS) is 30.5. The number of rotatable bonds is 5. The minimum Gasteiger partial charge on any atom is -0.496 e. The average molecular weight is 413 g/mol. The van der Waals surface area contributed by atoms with Crippen molar-refractivity contribution in [1.29, 1.82) is 0 Å². The summed E-state index contributed by atoms with van der Waals surface area (Å²) >= 11 is 0. The van der Waals surface area contributed by atoms with Crippen LogP contribution in [0.25, 0.3) is 0 Å². The highest BCUT2D eigenvalue weighted by molar-refractivity contribution is 5.74. The van der Waals surface area contributed by atoms with Crippen LogP contribution in [0, 0.1) is 23.6 Å². The molecule has 0 amide bonds. The van der Waals surface area contributed by atoms with Crippen LogP contribution in [-0.2, 0) is 16.0 Å². The topological polar surface area (TPSA) is 73.6 Å². The molecule has 5 nitrogen and oxygen atoms in total. The molecule has 0 spiro atoms. The Balaban J connectivity index is 1.71. The van der Waals surface area contributed by atoms with E-state index in [2.05, 4.69) is 17.4 Å². The number of hydrogen-bond acceptors (Lipinski definition) is 5. The molecule has 1 aliphatic carbocycles. The summed E-state index contributed by atoms with van der Waals surface area (Å²) in [6.45, 7) is 0. The third-order valence-electron chi connectivity index (χ3n) is 6.85. The second-order valence-electron chi connectivity index (χ2n) is 8.51. The molecule has 5 unspecified atom stereocenters. The number of ether oxygens (including phenoxy) is 2. The number of piperidine rings is 1. The molecule has 1 saturated heterocycles. The number of methoxy groups -OCH3 is 2. The zero-order valence-corrected chi connectivity index (χ0v) is 17.4. The largest absolute Gasteiger partial charge is 0.496 e. The third-order valence-corrected chi connectivity index (χ3v) is 6.85. The maximum Gasteiger partial charge on any atom is 0.311 e. The number of halogens is 1. The van der Waals surface area contributed by atoms with Crippen molar-refractivity contribution in [2.75, 3.05) is 14.2 Å². The van der Waals surface area contributed by atoms with Gasteiger partial charge in [0.1, 0.15) is 11.6 Å². The van der Waals surface area contributed by atoms with Crippen molar-refractivity contribution in [3.8, 4) is 5.75 Å². The molecule has 0 aromatic heterocycles. The van der Waals surface area contributed by atoms with E-state index in [1.54, 1.807) is 19.2 Å². The van der Waals surface area contributed by atoms with Gasteiger partial charge in [0.05, 0.1) is 25.8 Å². The van der Waals surface area contributed by atoms with Crippen molar-refractivity contribution in [2.45, 2.75) is 37.4 Å². The van der Waals surface area contributed by atoms with Gasteiger partial charge in [0, 0.05) is 6.04 Å². The second kappa shape index (κ2) is 8.36. The molecule has 2 bridgehead atoms. The fourth-order valence-electron chi connectivity index (χ4n) is 5.42. The number of hydrogen-bond donors (Lipinski definition) is 2. The smallest absolute Gasteiger partial charge is 0.311 e. The monoisotopic (exact) mass is 412 g/mol. The zero-order valence-electron chi connectivity index (χ0n) is 17.4. The SMILES string of the molecule is COC(=O)C1CCC2CC1(N)NC(c1ccccc1)C2Cc1cc(F)ccc1OC. The summed E-state index contributed by atoms with van der Waals surface area (Å²) in [7, 11) is 3.02. The van der Waals surface area contributed by atoms with Crippen LogP contribution < -0.4 is 15.8 Å². The van der Waals surface area contributed by atoms with Crippen molar-refractivity contribution in [3.63, 3.8) is 0 Å². The lowest BCUT2D eigenvalue weighted by Gasteiger charge is -2.54. The van der Waals surface area contributed by atoms with Crippen LogP contribution in [0.3, 0.4) is 0 Å². The Hall–Kier alpha value is -2.44. The highest BCUT2D eigenvalue weighted by Crippen LogP contribution is 2.49. The van der Waals surface area contributed by atoms with Gasteiger partial charge in [0.2, 0.25) is 0 Å². The van der Waals surface area contributed by atoms with E-state index >= 15 is 0 Å². The van der Waals surface area contributed by atoms with E-state index < -0.39 is 5.66 Å². The lowest BCUT2D eigenvalue weighted by atomic mass is 9.62. The Kier molecular flexibility index (Phi) is 5.80. The van der Waals surface area contributed by atoms with Crippen molar-refractivity contribution in [1.82, 2.24) is 5.32 Å². The quantitative estimate of drug-likeness (QED) is 0.735. The van der Waals surface area contributed by atoms with Gasteiger partial charge in [-0.2, -0.15) is 0 Å². The Morgan fingerprint density at radius 2 is 1.97 bits per heavy atom. The van der Waals surface area contributed by atoms with E-state index in [1.807, 2.05) is 18.2 Å². The fourth-order valence-corrected chi connectivity index (χ4v) is 5.42. The predicted molar refractivity (Wildman–Crippen MR) is 112 cm³/mol. The molecule has 6 heteroatoms. The summed E-state index contributed by atoms with van der Waals surface area (Å²) in [6, 6.07) is 14.7. The first-order chi connectivity index (χ1) is 14.4. The third kappa shape index (κ3) is 3.82. The number of benzene rings is 2. The molecule has 5 atom stereocenters. The fraction of sp³-hybridized carbons (Fsp3) is 0.458. The number of carbonyl (C=O) groups excluding carboxylic acids is 1. The van der Waals surface area contributed by atoms with E-state index in [9.17, 15) is 9.18 Å². The van der Waals surface area contributed by atoms with Gasteiger partial charge < -0.3 is 15.2 Å². The van der Waals surface area contributed by atoms with E-state index in [1.165, 1.54) is 13.2 Å². The molecular weight excluding hydrogens is 383 g/mol. The maximum atomic E-state index is 14.0. The van der Waals surface area contributed by atoms with Gasteiger partial charge in [-0.05, 0) is 66.8 Å². The summed E-state index contributed by atoms with van der Waals surface area (Å²) in [5.74, 6) is 0.272. The summed E-state index contributed by atoms with van der Waals surface area (Å²) in [5.41, 5.74) is 7.93. The van der Waals surface area contributed by atoms with Crippen LogP contribution in [0.1, 0.15) is 36.4 Å². The molecule has 160 valence electrons. The van der Waals surface area contributed by atoms with E-state index in [-0.39, 0.29) is 29.7 Å². The molecule has 4 rings (SSSR count). The highest BCUT2D eigenvalue weighted by atomic mass is 19.1. The lowest BCUT2D eigenvalue weighted by molar-refractivity contribution is -0.153. The summed E-state index contributed by atoms with van der Waals surface area (Å²) in [6.07, 6.45) is 2.90. The first-order valence-corrected chi connectivity index (χ1v) is 10.5. The second-order valence-corrected chi connectivity index (χ2v) is 8.51. The van der Waals surface area contributed by atoms with Crippen LogP contribution >= 0.6 is 0 Å². The maximum absolute atomic E-state index is 14.0. The van der Waals surface area contributed by atoms with Crippen molar-refractivity contribution in [2.24, 2.45) is 23.5 Å². The molecule has 1 heterocycles. The number of carbonyl (C=O) groups is 1. The van der Waals surface area contributed by atoms with Crippen LogP contribution in [0.15, 0.2) is 48.5 Å². The first-order valence-electron chi connectivity index (χ1n) is 10.5. The molecule has 30 heavy (non-hydrogen) atoms. The summed E-state index contributed by atoms with van der Waals surface area (Å²) in [5, 5.41) is 3.61. The molecular formula is C24H29FN2O3. The molecule has 1 saturated carbocycles. The minimum atomic E-state index is -0.820. The van der Waals surface area contributed by atoms with Crippen LogP contribution in [-0.4, -0.2) is 25.9 Å². The molecule has 0 radical (unpaired) electrons. The van der Waals surface area contributed by atoms with Crippen LogP contribution in [0.5, 0.6) is 5.75 Å². The van der Waals surface area contributed by atoms with Crippen LogP contribution in [0.2, 0.25) is 0 Å². The number of nitrogens with two attached hydrogens (primary N) is 1. The van der Waals surface area contributed by atoms with Gasteiger partial charge in [-0.15, -0.1) is 0 Å². The van der Waals surface area contributed by atoms with Crippen molar-refractivity contribution < 1.29 is 18.7 Å². The number of esters is 1. The average Bonchev–Trinajstić information content (AvgIpc) is 2.75. The number of nitrogens with one attached hydrogen (secondary N) is 1. The van der Waals surface area contributed by atoms with Gasteiger partial charge in [0.25, 0.3) is 0 Å². The Morgan fingerprint density at radius 1 is 1.20 bits per heavy atom. The van der Waals surface area contributed by atoms with E-state index in [0.717, 1.165) is 17.5 Å². The van der Waals surface area contributed by atoms with Gasteiger partial charge in [-0.3, -0.25) is 10.1 Å². The Bertz CT molecular complexity index is 907. The molecule has 2 aromatic carbocycles. The zero-order chi connectivity index (χ0) is 21.3. The van der Waals surface area contributed by atoms with Gasteiger partial charge in [0.15, 0.2) is 0 Å². The van der Waals surface area contributed by atoms with Gasteiger partial charge >= 0.3 is 5.97 Å². The van der Waals surface area contributed by atoms with E-state index in [4.69, 9.17) is 15.2 Å². The predicted octanol–water partition coefficient (Wildman–Crippen LogP) is 3.58. The first kappa shape index (κ1) is 20.8. The Labute approximate surface area is 176 Å². The number of fused-ring (bicyclic) bond motifs is 2. The van der Waals surface area contributed by atoms with E-state index in [0.29, 0.717) is 30.9 Å². The summed E-state index contributed by atoms with van der Waals surface area (Å²) < 4.78 is 24.5. The lowest BCUT2D eigenvalue weighted by Crippen LogP contribution is -2.69. The molecule has 1 aliphatic heterocycles. The molecule has 2 aromatic rings. The Morgan fingerprint density at radius 3 is 2.67 bits per heavy atom.